The second-order valence-corrected chi connectivity index (χ2v) is 3.60. The van der Waals surface area contributed by atoms with Crippen LogP contribution in [0.25, 0.3) is 0 Å². The summed E-state index contributed by atoms with van der Waals surface area (Å²) in [7, 11) is 1.95. The van der Waals surface area contributed by atoms with E-state index >= 15 is 0 Å². The molecule has 0 fully saturated rings. The molecule has 0 bridgehead atoms. The molecule has 0 atom stereocenters. The summed E-state index contributed by atoms with van der Waals surface area (Å²) in [5, 5.41) is 3.19. The molecular formula is C12H17N. The summed E-state index contributed by atoms with van der Waals surface area (Å²) in [6.45, 7) is 4.44. The van der Waals surface area contributed by atoms with E-state index < -0.39 is 0 Å². The van der Waals surface area contributed by atoms with Crippen LogP contribution in [-0.2, 0) is 0 Å². The van der Waals surface area contributed by atoms with Crippen molar-refractivity contribution in [1.29, 1.82) is 0 Å². The summed E-state index contributed by atoms with van der Waals surface area (Å²) in [6, 6.07) is 0. The number of allylic oxidation sites excluding steroid dienone is 4. The zero-order chi connectivity index (χ0) is 9.68. The third-order valence-electron chi connectivity index (χ3n) is 1.93. The van der Waals surface area contributed by atoms with Crippen LogP contribution in [0.15, 0.2) is 41.3 Å². The molecule has 1 N–H and O–H groups in total. The Morgan fingerprint density at radius 1 is 1.38 bits per heavy atom. The quantitative estimate of drug-likeness (QED) is 0.650. The summed E-state index contributed by atoms with van der Waals surface area (Å²) < 4.78 is 0. The molecule has 1 aliphatic carbocycles. The Bertz CT molecular complexity index is 286. The highest BCUT2D eigenvalue weighted by atomic mass is 14.8. The normalized spacial score (nSPS) is 15.4. The van der Waals surface area contributed by atoms with E-state index in [9.17, 15) is 0 Å². The second kappa shape index (κ2) is 4.74. The first kappa shape index (κ1) is 9.88. The second-order valence-electron chi connectivity index (χ2n) is 3.60. The maximum Gasteiger partial charge on any atom is 0.0448 e. The Labute approximate surface area is 80.5 Å². The largest absolute Gasteiger partial charge is 0.387 e. The molecule has 13 heavy (non-hydrogen) atoms. The van der Waals surface area contributed by atoms with Crippen LogP contribution in [0.3, 0.4) is 0 Å². The van der Waals surface area contributed by atoms with Crippen molar-refractivity contribution in [2.75, 3.05) is 7.05 Å². The molecular weight excluding hydrogens is 158 g/mol. The van der Waals surface area contributed by atoms with Crippen molar-refractivity contribution in [3.8, 4) is 0 Å². The zero-order valence-corrected chi connectivity index (χ0v) is 8.59. The van der Waals surface area contributed by atoms with Crippen LogP contribution in [0.1, 0.15) is 20.3 Å². The minimum Gasteiger partial charge on any atom is -0.387 e. The minimum atomic E-state index is 0.672. The van der Waals surface area contributed by atoms with Gasteiger partial charge in [0.1, 0.15) is 0 Å². The Hall–Kier alpha value is -1.20. The maximum atomic E-state index is 3.29. The van der Waals surface area contributed by atoms with Crippen LogP contribution in [-0.4, -0.2) is 7.05 Å². The third kappa shape index (κ3) is 2.96. The van der Waals surface area contributed by atoms with Crippen LogP contribution in [0.5, 0.6) is 0 Å². The van der Waals surface area contributed by atoms with Crippen LogP contribution in [0, 0.1) is 5.92 Å². The third-order valence-corrected chi connectivity index (χ3v) is 1.93. The molecule has 0 aromatic rings. The standard InChI is InChI=1S/C12H17N/c1-10(2)9-11-7-5-4-6-8-12(11)13-3/h4-6,8,10,13H,9H2,1-3H3. The molecule has 0 radical (unpaired) electrons. The fourth-order valence-electron chi connectivity index (χ4n) is 1.35. The Morgan fingerprint density at radius 2 is 2.15 bits per heavy atom. The van der Waals surface area contributed by atoms with Crippen LogP contribution < -0.4 is 5.32 Å². The fourth-order valence-corrected chi connectivity index (χ4v) is 1.35. The summed E-state index contributed by atoms with van der Waals surface area (Å²) in [5.74, 6) is 0.672. The van der Waals surface area contributed by atoms with Gasteiger partial charge < -0.3 is 5.32 Å². The molecule has 0 saturated heterocycles. The molecule has 0 amide bonds. The lowest BCUT2D eigenvalue weighted by molar-refractivity contribution is 0.641. The lowest BCUT2D eigenvalue weighted by Gasteiger charge is -2.10. The lowest BCUT2D eigenvalue weighted by atomic mass is 10.0. The first-order valence-electron chi connectivity index (χ1n) is 4.74. The predicted octanol–water partition coefficient (Wildman–Crippen LogP) is 2.79. The Morgan fingerprint density at radius 3 is 2.77 bits per heavy atom. The van der Waals surface area contributed by atoms with E-state index in [2.05, 4.69) is 31.0 Å². The van der Waals surface area contributed by atoms with Crippen molar-refractivity contribution >= 4 is 0 Å². The monoisotopic (exact) mass is 175 g/mol. The van der Waals surface area contributed by atoms with E-state index in [1.54, 1.807) is 0 Å². The predicted molar refractivity (Wildman–Crippen MR) is 57.3 cm³/mol. The average Bonchev–Trinajstić information content (AvgIpc) is 2.28. The lowest BCUT2D eigenvalue weighted by Crippen LogP contribution is -2.09. The average molecular weight is 175 g/mol. The van der Waals surface area contributed by atoms with Crippen molar-refractivity contribution in [2.24, 2.45) is 5.92 Å². The van der Waals surface area contributed by atoms with Gasteiger partial charge in [0, 0.05) is 18.3 Å². The van der Waals surface area contributed by atoms with Crippen LogP contribution >= 0.6 is 0 Å². The fraction of sp³-hybridized carbons (Fsp3) is 0.417. The van der Waals surface area contributed by atoms with Gasteiger partial charge in [-0.05, 0) is 24.5 Å². The van der Waals surface area contributed by atoms with Gasteiger partial charge in [-0.25, -0.2) is 0 Å². The number of hydrogen-bond acceptors (Lipinski definition) is 1. The molecule has 0 unspecified atom stereocenters. The van der Waals surface area contributed by atoms with E-state index in [0.717, 1.165) is 6.42 Å². The topological polar surface area (TPSA) is 12.0 Å². The molecule has 0 saturated carbocycles. The molecule has 1 heteroatoms. The smallest absolute Gasteiger partial charge is 0.0448 e. The Kier molecular flexibility index (Phi) is 3.60. The minimum absolute atomic E-state index is 0.672. The van der Waals surface area contributed by atoms with Crippen molar-refractivity contribution < 1.29 is 0 Å². The van der Waals surface area contributed by atoms with Crippen LogP contribution in [0.4, 0.5) is 0 Å². The van der Waals surface area contributed by atoms with Gasteiger partial charge >= 0.3 is 0 Å². The summed E-state index contributed by atoms with van der Waals surface area (Å²) in [4.78, 5) is 0. The molecule has 1 aliphatic rings. The highest BCUT2D eigenvalue weighted by Gasteiger charge is 2.05. The first-order chi connectivity index (χ1) is 6.24. The molecule has 0 aromatic carbocycles. The van der Waals surface area contributed by atoms with Crippen LogP contribution in [0.2, 0.25) is 0 Å². The van der Waals surface area contributed by atoms with Gasteiger partial charge in [-0.15, -0.1) is 5.73 Å². The van der Waals surface area contributed by atoms with Gasteiger partial charge in [0.2, 0.25) is 0 Å². The molecule has 0 heterocycles. The number of nitrogens with one attached hydrogen (secondary N) is 1. The van der Waals surface area contributed by atoms with Crippen molar-refractivity contribution in [2.45, 2.75) is 20.3 Å². The number of rotatable bonds is 3. The van der Waals surface area contributed by atoms with Gasteiger partial charge in [-0.1, -0.05) is 26.0 Å². The van der Waals surface area contributed by atoms with E-state index in [4.69, 9.17) is 0 Å². The highest BCUT2D eigenvalue weighted by Crippen LogP contribution is 2.17. The van der Waals surface area contributed by atoms with E-state index in [-0.39, 0.29) is 0 Å². The van der Waals surface area contributed by atoms with Gasteiger partial charge in [0.15, 0.2) is 0 Å². The molecule has 0 spiro atoms. The van der Waals surface area contributed by atoms with Crippen molar-refractivity contribution in [3.63, 3.8) is 0 Å². The van der Waals surface area contributed by atoms with Crippen molar-refractivity contribution in [3.05, 3.63) is 41.3 Å². The molecule has 70 valence electrons. The number of likely N-dealkylation sites (N-methyl/N-ethyl adjacent to an activating group) is 1. The first-order valence-corrected chi connectivity index (χ1v) is 4.74. The van der Waals surface area contributed by atoms with E-state index in [0.29, 0.717) is 5.92 Å². The summed E-state index contributed by atoms with van der Waals surface area (Å²) >= 11 is 0. The maximum absolute atomic E-state index is 3.29. The van der Waals surface area contributed by atoms with Gasteiger partial charge in [0.25, 0.3) is 0 Å². The SMILES string of the molecule is CNC1=CC=CC=C=C1CC(C)C. The zero-order valence-electron chi connectivity index (χ0n) is 8.59. The molecule has 1 rings (SSSR count). The molecule has 0 aliphatic heterocycles. The highest BCUT2D eigenvalue weighted by molar-refractivity contribution is 5.35. The number of hydrogen-bond donors (Lipinski definition) is 1. The summed E-state index contributed by atoms with van der Waals surface area (Å²) in [6.07, 6.45) is 9.18. The van der Waals surface area contributed by atoms with E-state index in [1.807, 2.05) is 25.3 Å². The molecule has 0 aromatic heterocycles. The van der Waals surface area contributed by atoms with E-state index in [1.165, 1.54) is 11.3 Å². The molecule has 1 nitrogen and oxygen atoms in total. The van der Waals surface area contributed by atoms with Crippen molar-refractivity contribution in [1.82, 2.24) is 5.32 Å². The van der Waals surface area contributed by atoms with Gasteiger partial charge in [-0.3, -0.25) is 0 Å². The summed E-state index contributed by atoms with van der Waals surface area (Å²) in [5.41, 5.74) is 5.73. The van der Waals surface area contributed by atoms with Gasteiger partial charge in [0.05, 0.1) is 0 Å². The van der Waals surface area contributed by atoms with Gasteiger partial charge in [-0.2, -0.15) is 0 Å². The Balaban J connectivity index is 2.86.